The number of nitrogens with zero attached hydrogens (tertiary/aromatic N) is 1. The van der Waals surface area contributed by atoms with E-state index >= 15 is 0 Å². The lowest BCUT2D eigenvalue weighted by Crippen LogP contribution is -2.55. The Morgan fingerprint density at radius 3 is 2.42 bits per heavy atom. The van der Waals surface area contributed by atoms with Gasteiger partial charge in [0, 0.05) is 11.1 Å². The van der Waals surface area contributed by atoms with Gasteiger partial charge >= 0.3 is 5.97 Å². The van der Waals surface area contributed by atoms with Crippen LogP contribution in [0.15, 0.2) is 36.4 Å². The number of aldehydes is 1. The van der Waals surface area contributed by atoms with Crippen molar-refractivity contribution in [3.63, 3.8) is 0 Å². The molecule has 1 aliphatic heterocycles. The number of aromatic nitrogens is 1. The molecule has 6 nitrogen and oxygen atoms in total. The van der Waals surface area contributed by atoms with Gasteiger partial charge in [-0.05, 0) is 30.0 Å². The number of fused-ring (bicyclic) bond motifs is 1. The summed E-state index contributed by atoms with van der Waals surface area (Å²) in [7, 11) is 0. The molecule has 2 aromatic rings. The Hall–Kier alpha value is -2.71. The largest absolute Gasteiger partial charge is 0.454 e. The molecule has 0 spiro atoms. The second kappa shape index (κ2) is 10.5. The Balaban J connectivity index is 1.92. The molecule has 0 aliphatic carbocycles. The van der Waals surface area contributed by atoms with Gasteiger partial charge in [0.15, 0.2) is 12.4 Å². The predicted molar refractivity (Wildman–Crippen MR) is 120 cm³/mol. The second-order valence-corrected chi connectivity index (χ2v) is 8.60. The van der Waals surface area contributed by atoms with E-state index in [4.69, 9.17) is 14.2 Å². The molecule has 1 unspecified atom stereocenters. The molecule has 1 aromatic carbocycles. The zero-order chi connectivity index (χ0) is 24.1. The van der Waals surface area contributed by atoms with E-state index in [0.717, 1.165) is 28.6 Å². The van der Waals surface area contributed by atoms with Gasteiger partial charge in [-0.15, -0.1) is 0 Å². The Labute approximate surface area is 191 Å². The average Bonchev–Trinajstić information content (AvgIpc) is 2.85. The fourth-order valence-corrected chi connectivity index (χ4v) is 3.37. The van der Waals surface area contributed by atoms with Gasteiger partial charge < -0.3 is 14.2 Å². The van der Waals surface area contributed by atoms with Crippen LogP contribution in [0.5, 0.6) is 0 Å². The van der Waals surface area contributed by atoms with Gasteiger partial charge in [-0.2, -0.15) is 0 Å². The molecular formula is C25H29F2NO5. The monoisotopic (exact) mass is 461 g/mol. The number of hydrogen-bond acceptors (Lipinski definition) is 6. The number of ether oxygens (including phenoxy) is 3. The van der Waals surface area contributed by atoms with Crippen LogP contribution in [0.1, 0.15) is 32.0 Å². The quantitative estimate of drug-likeness (QED) is 0.411. The van der Waals surface area contributed by atoms with E-state index in [1.54, 1.807) is 26.0 Å². The smallest absolute Gasteiger partial charge is 0.321 e. The molecule has 2 heterocycles. The summed E-state index contributed by atoms with van der Waals surface area (Å²) < 4.78 is 42.8. The zero-order valence-electron chi connectivity index (χ0n) is 19.1. The fraction of sp³-hybridized carbons (Fsp3) is 0.480. The first kappa shape index (κ1) is 24.9. The van der Waals surface area contributed by atoms with Crippen molar-refractivity contribution in [2.24, 2.45) is 11.3 Å². The molecule has 1 aliphatic rings. The van der Waals surface area contributed by atoms with Crippen LogP contribution < -0.4 is 0 Å². The van der Waals surface area contributed by atoms with Crippen molar-refractivity contribution in [2.45, 2.75) is 39.1 Å². The van der Waals surface area contributed by atoms with Gasteiger partial charge in [0.1, 0.15) is 18.8 Å². The number of rotatable bonds is 9. The summed E-state index contributed by atoms with van der Waals surface area (Å²) in [6.07, 6.45) is 3.63. The Kier molecular flexibility index (Phi) is 7.92. The summed E-state index contributed by atoms with van der Waals surface area (Å²) in [5.74, 6) is -3.04. The first-order valence-electron chi connectivity index (χ1n) is 11.0. The van der Waals surface area contributed by atoms with Crippen LogP contribution in [0.2, 0.25) is 0 Å². The van der Waals surface area contributed by atoms with Gasteiger partial charge in [-0.3, -0.25) is 14.6 Å². The molecule has 8 heteroatoms. The van der Waals surface area contributed by atoms with E-state index in [9.17, 15) is 18.4 Å². The summed E-state index contributed by atoms with van der Waals surface area (Å²) in [6.45, 7) is 2.40. The number of hydrogen-bond donors (Lipinski definition) is 0. The highest BCUT2D eigenvalue weighted by atomic mass is 19.1. The number of halogens is 2. The maximum atomic E-state index is 13.3. The van der Waals surface area contributed by atoms with Crippen LogP contribution in [0.4, 0.5) is 8.78 Å². The minimum atomic E-state index is -2.04. The maximum absolute atomic E-state index is 13.3. The van der Waals surface area contributed by atoms with Gasteiger partial charge in [-0.1, -0.05) is 51.1 Å². The molecule has 0 saturated carbocycles. The van der Waals surface area contributed by atoms with Crippen molar-refractivity contribution in [2.75, 3.05) is 26.6 Å². The topological polar surface area (TPSA) is 74.7 Å². The van der Waals surface area contributed by atoms with Crippen molar-refractivity contribution >= 4 is 29.2 Å². The molecule has 0 N–H and O–H groups in total. The summed E-state index contributed by atoms with van der Waals surface area (Å²) in [6, 6.07) is 9.63. The minimum absolute atomic E-state index is 0.243. The lowest BCUT2D eigenvalue weighted by molar-refractivity contribution is -0.304. The standard InChI is InChI=1S/C25H29F2NO5/c1-4-20-8-7-19-6-5-18(11-21(19)28-20)9-10-24(23(30)33-22(12-29)17(2)3)15-31-25(13-26,14-27)32-16-24/h5-12,17,22H,4,13-16H2,1-3H3/b10-9+. The van der Waals surface area contributed by atoms with E-state index in [-0.39, 0.29) is 19.1 Å². The molecule has 0 amide bonds. The predicted octanol–water partition coefficient (Wildman–Crippen LogP) is 4.25. The highest BCUT2D eigenvalue weighted by Gasteiger charge is 2.50. The number of aryl methyl sites for hydroxylation is 1. The minimum Gasteiger partial charge on any atom is -0.454 e. The van der Waals surface area contributed by atoms with Crippen LogP contribution in [0, 0.1) is 11.3 Å². The molecule has 1 aromatic heterocycles. The lowest BCUT2D eigenvalue weighted by atomic mass is 9.87. The van der Waals surface area contributed by atoms with Crippen molar-refractivity contribution in [1.82, 2.24) is 4.98 Å². The molecule has 0 bridgehead atoms. The molecule has 178 valence electrons. The van der Waals surface area contributed by atoms with Crippen LogP contribution in [-0.2, 0) is 30.2 Å². The van der Waals surface area contributed by atoms with Gasteiger partial charge in [0.25, 0.3) is 0 Å². The summed E-state index contributed by atoms with van der Waals surface area (Å²) in [5.41, 5.74) is 1.05. The molecule has 33 heavy (non-hydrogen) atoms. The molecule has 1 saturated heterocycles. The van der Waals surface area contributed by atoms with E-state index in [1.165, 1.54) is 0 Å². The normalized spacial score (nSPS) is 18.5. The fourth-order valence-electron chi connectivity index (χ4n) is 3.37. The van der Waals surface area contributed by atoms with Crippen LogP contribution >= 0.6 is 0 Å². The molecule has 3 rings (SSSR count). The van der Waals surface area contributed by atoms with Gasteiger partial charge in [-0.25, -0.2) is 8.78 Å². The molecule has 1 atom stereocenters. The lowest BCUT2D eigenvalue weighted by Gasteiger charge is -2.41. The summed E-state index contributed by atoms with van der Waals surface area (Å²) >= 11 is 0. The Morgan fingerprint density at radius 1 is 1.18 bits per heavy atom. The van der Waals surface area contributed by atoms with Gasteiger partial charge in [0.05, 0.1) is 18.7 Å². The zero-order valence-corrected chi connectivity index (χ0v) is 19.1. The van der Waals surface area contributed by atoms with Crippen LogP contribution in [0.25, 0.3) is 17.0 Å². The van der Waals surface area contributed by atoms with E-state index in [1.807, 2.05) is 37.3 Å². The average molecular weight is 462 g/mol. The number of benzene rings is 1. The Morgan fingerprint density at radius 2 is 1.85 bits per heavy atom. The summed E-state index contributed by atoms with van der Waals surface area (Å²) in [5, 5.41) is 0.976. The van der Waals surface area contributed by atoms with Crippen molar-refractivity contribution < 1.29 is 32.6 Å². The number of carbonyl (C=O) groups excluding carboxylic acids is 2. The third-order valence-electron chi connectivity index (χ3n) is 5.76. The van der Waals surface area contributed by atoms with Crippen molar-refractivity contribution in [3.05, 3.63) is 47.7 Å². The van der Waals surface area contributed by atoms with Crippen LogP contribution in [-0.4, -0.2) is 55.7 Å². The first-order chi connectivity index (χ1) is 15.8. The van der Waals surface area contributed by atoms with Crippen molar-refractivity contribution in [3.8, 4) is 0 Å². The second-order valence-electron chi connectivity index (χ2n) is 8.60. The number of pyridine rings is 1. The molecular weight excluding hydrogens is 432 g/mol. The third-order valence-corrected chi connectivity index (χ3v) is 5.76. The van der Waals surface area contributed by atoms with E-state index < -0.39 is 36.6 Å². The van der Waals surface area contributed by atoms with Gasteiger partial charge in [0.2, 0.25) is 5.79 Å². The third kappa shape index (κ3) is 5.45. The van der Waals surface area contributed by atoms with E-state index in [2.05, 4.69) is 4.98 Å². The highest BCUT2D eigenvalue weighted by Crippen LogP contribution is 2.35. The number of esters is 1. The number of carbonyl (C=O) groups is 2. The van der Waals surface area contributed by atoms with Crippen molar-refractivity contribution in [1.29, 1.82) is 0 Å². The maximum Gasteiger partial charge on any atom is 0.321 e. The SMILES string of the molecule is CCc1ccc2ccc(/C=C/C3(C(=O)OC(C=O)C(C)C)COC(CF)(CF)OC3)cc2n1. The van der Waals surface area contributed by atoms with Crippen LogP contribution in [0.3, 0.4) is 0 Å². The number of alkyl halides is 2. The molecule has 1 fully saturated rings. The molecule has 0 radical (unpaired) electrons. The van der Waals surface area contributed by atoms with E-state index in [0.29, 0.717) is 6.29 Å². The highest BCUT2D eigenvalue weighted by molar-refractivity contribution is 5.84. The first-order valence-corrected chi connectivity index (χ1v) is 11.0. The summed E-state index contributed by atoms with van der Waals surface area (Å²) in [4.78, 5) is 29.1. The Bertz CT molecular complexity index is 1010.